The summed E-state index contributed by atoms with van der Waals surface area (Å²) < 4.78 is 16.3. The lowest BCUT2D eigenvalue weighted by molar-refractivity contribution is 0.0958. The number of nitrogens with one attached hydrogen (secondary N) is 1. The van der Waals surface area contributed by atoms with Crippen molar-refractivity contribution in [2.75, 3.05) is 48.0 Å². The zero-order valence-corrected chi connectivity index (χ0v) is 22.5. The second-order valence-electron chi connectivity index (χ2n) is 9.68. The maximum absolute atomic E-state index is 13.3. The van der Waals surface area contributed by atoms with Crippen LogP contribution in [-0.2, 0) is 0 Å². The number of amides is 1. The number of carbonyl (C=O) groups excluding carboxylic acids is 1. The molecule has 1 saturated heterocycles. The summed E-state index contributed by atoms with van der Waals surface area (Å²) in [7, 11) is 6.82. The molecule has 1 N–H and O–H groups in total. The van der Waals surface area contributed by atoms with E-state index in [-0.39, 0.29) is 5.91 Å². The van der Waals surface area contributed by atoms with Crippen molar-refractivity contribution >= 4 is 23.1 Å². The molecule has 196 valence electrons. The lowest BCUT2D eigenvalue weighted by Crippen LogP contribution is -2.27. The lowest BCUT2D eigenvalue weighted by Gasteiger charge is -2.27. The van der Waals surface area contributed by atoms with Crippen LogP contribution in [0.15, 0.2) is 66.2 Å². The van der Waals surface area contributed by atoms with Crippen LogP contribution in [0.2, 0.25) is 0 Å². The maximum Gasteiger partial charge on any atom is 0.251 e. The SMILES string of the molecule is COc1cc(C(=O)NCC2=Cc3ccccc3C(=C3CCN(C)CC3)c3ccccc32)cc(OC)c1OC. The fourth-order valence-electron chi connectivity index (χ4n) is 5.40. The highest BCUT2D eigenvalue weighted by atomic mass is 16.5. The van der Waals surface area contributed by atoms with Gasteiger partial charge < -0.3 is 24.4 Å². The molecule has 0 bridgehead atoms. The number of nitrogens with zero attached hydrogens (tertiary/aromatic N) is 1. The smallest absolute Gasteiger partial charge is 0.251 e. The van der Waals surface area contributed by atoms with Gasteiger partial charge in [-0.2, -0.15) is 0 Å². The molecule has 0 atom stereocenters. The fourth-order valence-corrected chi connectivity index (χ4v) is 5.40. The van der Waals surface area contributed by atoms with Gasteiger partial charge in [-0.3, -0.25) is 4.79 Å². The van der Waals surface area contributed by atoms with E-state index in [9.17, 15) is 4.79 Å². The molecule has 2 aliphatic rings. The van der Waals surface area contributed by atoms with Gasteiger partial charge in [0.1, 0.15) is 0 Å². The van der Waals surface area contributed by atoms with E-state index in [1.54, 1.807) is 33.5 Å². The molecule has 38 heavy (non-hydrogen) atoms. The molecule has 1 aliphatic carbocycles. The van der Waals surface area contributed by atoms with Gasteiger partial charge in [0.25, 0.3) is 5.91 Å². The second kappa shape index (κ2) is 11.2. The zero-order chi connectivity index (χ0) is 26.6. The predicted octanol–water partition coefficient (Wildman–Crippen LogP) is 5.52. The zero-order valence-electron chi connectivity index (χ0n) is 22.5. The Bertz CT molecular complexity index is 1390. The molecule has 0 saturated carbocycles. The van der Waals surface area contributed by atoms with E-state index in [2.05, 4.69) is 71.9 Å². The normalized spacial score (nSPS) is 15.1. The minimum absolute atomic E-state index is 0.214. The Morgan fingerprint density at radius 2 is 1.45 bits per heavy atom. The molecule has 0 aromatic heterocycles. The van der Waals surface area contributed by atoms with E-state index >= 15 is 0 Å². The first-order valence-electron chi connectivity index (χ1n) is 12.9. The largest absolute Gasteiger partial charge is 0.493 e. The average Bonchev–Trinajstić information content (AvgIpc) is 3.10. The van der Waals surface area contributed by atoms with Gasteiger partial charge >= 0.3 is 0 Å². The number of benzene rings is 3. The van der Waals surface area contributed by atoms with Crippen LogP contribution in [0.1, 0.15) is 45.5 Å². The minimum Gasteiger partial charge on any atom is -0.493 e. The van der Waals surface area contributed by atoms with Crippen molar-refractivity contribution in [1.82, 2.24) is 10.2 Å². The number of hydrogen-bond donors (Lipinski definition) is 1. The summed E-state index contributed by atoms with van der Waals surface area (Å²) in [5.74, 6) is 1.13. The first-order chi connectivity index (χ1) is 18.5. The number of carbonyl (C=O) groups is 1. The summed E-state index contributed by atoms with van der Waals surface area (Å²) in [6.07, 6.45) is 4.33. The van der Waals surface area contributed by atoms with E-state index in [0.717, 1.165) is 37.1 Å². The van der Waals surface area contributed by atoms with E-state index in [0.29, 0.717) is 29.4 Å². The number of rotatable bonds is 6. The van der Waals surface area contributed by atoms with Crippen LogP contribution >= 0.6 is 0 Å². The van der Waals surface area contributed by atoms with Gasteiger partial charge in [0.2, 0.25) is 5.75 Å². The molecule has 1 aliphatic heterocycles. The molecule has 0 radical (unpaired) electrons. The Hall–Kier alpha value is -4.03. The summed E-state index contributed by atoms with van der Waals surface area (Å²) in [6.45, 7) is 2.51. The summed E-state index contributed by atoms with van der Waals surface area (Å²) >= 11 is 0. The van der Waals surface area contributed by atoms with Crippen molar-refractivity contribution in [2.24, 2.45) is 0 Å². The number of ether oxygens (including phenoxy) is 3. The topological polar surface area (TPSA) is 60.0 Å². The number of likely N-dealkylation sites (tertiary alicyclic amines) is 1. The molecule has 6 nitrogen and oxygen atoms in total. The molecule has 6 heteroatoms. The quantitative estimate of drug-likeness (QED) is 0.473. The van der Waals surface area contributed by atoms with Crippen LogP contribution in [0.5, 0.6) is 17.2 Å². The summed E-state index contributed by atoms with van der Waals surface area (Å²) in [5.41, 5.74) is 9.15. The molecule has 0 spiro atoms. The van der Waals surface area contributed by atoms with Crippen LogP contribution in [0, 0.1) is 0 Å². The van der Waals surface area contributed by atoms with Crippen LogP contribution in [-0.4, -0.2) is 58.8 Å². The summed E-state index contributed by atoms with van der Waals surface area (Å²) in [5, 5.41) is 3.13. The Morgan fingerprint density at radius 1 is 0.842 bits per heavy atom. The number of hydrogen-bond acceptors (Lipinski definition) is 5. The summed E-state index contributed by atoms with van der Waals surface area (Å²) in [6, 6.07) is 20.5. The van der Waals surface area contributed by atoms with Crippen LogP contribution in [0.25, 0.3) is 17.2 Å². The van der Waals surface area contributed by atoms with Crippen molar-refractivity contribution in [3.05, 3.63) is 94.1 Å². The van der Waals surface area contributed by atoms with Gasteiger partial charge in [-0.25, -0.2) is 0 Å². The molecule has 1 amide bonds. The Labute approximate surface area is 224 Å². The third-order valence-corrected chi connectivity index (χ3v) is 7.41. The molecular formula is C32H34N2O4. The Balaban J connectivity index is 1.51. The number of methoxy groups -OCH3 is 3. The fraction of sp³-hybridized carbons (Fsp3) is 0.281. The van der Waals surface area contributed by atoms with Gasteiger partial charge in [0.05, 0.1) is 21.3 Å². The van der Waals surface area contributed by atoms with E-state index in [4.69, 9.17) is 14.2 Å². The highest BCUT2D eigenvalue weighted by molar-refractivity contribution is 6.01. The number of piperidine rings is 1. The standard InChI is InChI=1S/C32H34N2O4/c1-34-15-13-21(14-16-34)30-26-11-6-5-9-22(26)17-24(25-10-7-8-12-27(25)30)20-33-32(35)23-18-28(36-2)31(38-4)29(19-23)37-3/h5-12,17-19H,13-16,20H2,1-4H3,(H,33,35). The molecule has 0 unspecified atom stereocenters. The molecule has 3 aromatic carbocycles. The monoisotopic (exact) mass is 510 g/mol. The van der Waals surface area contributed by atoms with Crippen molar-refractivity contribution < 1.29 is 19.0 Å². The predicted molar refractivity (Wildman–Crippen MR) is 152 cm³/mol. The lowest BCUT2D eigenvalue weighted by atomic mass is 9.85. The molecule has 5 rings (SSSR count). The third kappa shape index (κ3) is 4.92. The van der Waals surface area contributed by atoms with Crippen molar-refractivity contribution in [2.45, 2.75) is 12.8 Å². The van der Waals surface area contributed by atoms with E-state index in [1.165, 1.54) is 27.8 Å². The van der Waals surface area contributed by atoms with Gasteiger partial charge in [-0.1, -0.05) is 54.1 Å². The highest BCUT2D eigenvalue weighted by Gasteiger charge is 2.24. The molecular weight excluding hydrogens is 476 g/mol. The third-order valence-electron chi connectivity index (χ3n) is 7.41. The molecule has 1 fully saturated rings. The minimum atomic E-state index is -0.214. The van der Waals surface area contributed by atoms with Crippen LogP contribution in [0.4, 0.5) is 0 Å². The van der Waals surface area contributed by atoms with Gasteiger partial charge in [-0.15, -0.1) is 0 Å². The van der Waals surface area contributed by atoms with Crippen molar-refractivity contribution in [1.29, 1.82) is 0 Å². The molecule has 3 aromatic rings. The molecule has 1 heterocycles. The Kier molecular flexibility index (Phi) is 7.52. The number of fused-ring (bicyclic) bond motifs is 2. The van der Waals surface area contributed by atoms with Crippen LogP contribution in [0.3, 0.4) is 0 Å². The van der Waals surface area contributed by atoms with E-state index in [1.807, 2.05) is 0 Å². The first-order valence-corrected chi connectivity index (χ1v) is 12.9. The summed E-state index contributed by atoms with van der Waals surface area (Å²) in [4.78, 5) is 15.7. The maximum atomic E-state index is 13.3. The van der Waals surface area contributed by atoms with Crippen molar-refractivity contribution in [3.63, 3.8) is 0 Å². The van der Waals surface area contributed by atoms with Gasteiger partial charge in [0, 0.05) is 25.2 Å². The van der Waals surface area contributed by atoms with Gasteiger partial charge in [0.15, 0.2) is 11.5 Å². The van der Waals surface area contributed by atoms with Gasteiger partial charge in [-0.05, 0) is 71.5 Å². The second-order valence-corrected chi connectivity index (χ2v) is 9.68. The Morgan fingerprint density at radius 3 is 2.08 bits per heavy atom. The average molecular weight is 511 g/mol. The highest BCUT2D eigenvalue weighted by Crippen LogP contribution is 2.41. The first kappa shape index (κ1) is 25.6. The van der Waals surface area contributed by atoms with Crippen molar-refractivity contribution in [3.8, 4) is 17.2 Å². The van der Waals surface area contributed by atoms with E-state index < -0.39 is 0 Å². The van der Waals surface area contributed by atoms with Crippen LogP contribution < -0.4 is 19.5 Å².